The van der Waals surface area contributed by atoms with E-state index in [9.17, 15) is 19.5 Å². The number of carbonyl (C=O) groups is 3. The fourth-order valence-corrected chi connectivity index (χ4v) is 2.42. The third-order valence-corrected chi connectivity index (χ3v) is 3.67. The molecule has 1 aromatic carbocycles. The van der Waals surface area contributed by atoms with Crippen molar-refractivity contribution in [1.29, 1.82) is 0 Å². The Labute approximate surface area is 133 Å². The fourth-order valence-electron chi connectivity index (χ4n) is 2.42. The topological polar surface area (TPSA) is 105 Å². The van der Waals surface area contributed by atoms with Crippen molar-refractivity contribution in [3.63, 3.8) is 0 Å². The number of methoxy groups -OCH3 is 1. The van der Waals surface area contributed by atoms with Gasteiger partial charge in [0.05, 0.1) is 18.9 Å². The minimum Gasteiger partial charge on any atom is -0.481 e. The minimum absolute atomic E-state index is 0.324. The standard InChI is InChI=1S/C16H18N2O5/c1-23-16(22)18-11-8-6-10(7-9-11)17-14(19)12-4-2-3-5-13(12)15(20)21/h2-3,6-9,12-13H,4-5H2,1H3,(H,17,19)(H,18,22)(H,20,21)/t12-,13+/m0/s1. The van der Waals surface area contributed by atoms with E-state index in [0.717, 1.165) is 0 Å². The summed E-state index contributed by atoms with van der Waals surface area (Å²) in [6.07, 6.45) is 3.79. The van der Waals surface area contributed by atoms with E-state index < -0.39 is 23.9 Å². The van der Waals surface area contributed by atoms with Crippen LogP contribution in [-0.4, -0.2) is 30.2 Å². The number of rotatable bonds is 4. The van der Waals surface area contributed by atoms with Crippen molar-refractivity contribution in [1.82, 2.24) is 0 Å². The van der Waals surface area contributed by atoms with Gasteiger partial charge in [-0.25, -0.2) is 4.79 Å². The molecule has 0 unspecified atom stereocenters. The normalized spacial score (nSPS) is 19.7. The number of hydrogen-bond acceptors (Lipinski definition) is 4. The van der Waals surface area contributed by atoms with E-state index in [4.69, 9.17) is 0 Å². The number of allylic oxidation sites excluding steroid dienone is 2. The van der Waals surface area contributed by atoms with E-state index in [1.807, 2.05) is 6.08 Å². The first kappa shape index (κ1) is 16.5. The third kappa shape index (κ3) is 4.32. The van der Waals surface area contributed by atoms with E-state index in [1.54, 1.807) is 30.3 Å². The number of aliphatic carboxylic acids is 1. The fraction of sp³-hybridized carbons (Fsp3) is 0.312. The molecule has 0 aliphatic heterocycles. The molecule has 0 saturated carbocycles. The van der Waals surface area contributed by atoms with Gasteiger partial charge in [-0.1, -0.05) is 12.2 Å². The van der Waals surface area contributed by atoms with Gasteiger partial charge in [0, 0.05) is 11.4 Å². The SMILES string of the molecule is COC(=O)Nc1ccc(NC(=O)[C@H]2CC=CC[C@H]2C(=O)O)cc1. The summed E-state index contributed by atoms with van der Waals surface area (Å²) in [5.41, 5.74) is 1.06. The summed E-state index contributed by atoms with van der Waals surface area (Å²) in [5.74, 6) is -2.59. The molecule has 2 rings (SSSR count). The van der Waals surface area contributed by atoms with Crippen molar-refractivity contribution in [2.45, 2.75) is 12.8 Å². The van der Waals surface area contributed by atoms with Crippen LogP contribution in [0.4, 0.5) is 16.2 Å². The summed E-state index contributed by atoms with van der Waals surface area (Å²) in [6, 6.07) is 6.47. The van der Waals surface area contributed by atoms with Gasteiger partial charge in [-0.15, -0.1) is 0 Å². The van der Waals surface area contributed by atoms with E-state index in [2.05, 4.69) is 15.4 Å². The van der Waals surface area contributed by atoms with Gasteiger partial charge >= 0.3 is 12.1 Å². The molecule has 2 amide bonds. The second-order valence-corrected chi connectivity index (χ2v) is 5.18. The summed E-state index contributed by atoms with van der Waals surface area (Å²) < 4.78 is 4.48. The Morgan fingerprint density at radius 3 is 2.04 bits per heavy atom. The van der Waals surface area contributed by atoms with Crippen molar-refractivity contribution in [3.8, 4) is 0 Å². The number of nitrogens with one attached hydrogen (secondary N) is 2. The first-order chi connectivity index (χ1) is 11.0. The van der Waals surface area contributed by atoms with Crippen LogP contribution in [-0.2, 0) is 14.3 Å². The molecule has 7 heteroatoms. The van der Waals surface area contributed by atoms with Crippen LogP contribution < -0.4 is 10.6 Å². The number of anilines is 2. The van der Waals surface area contributed by atoms with Crippen molar-refractivity contribution >= 4 is 29.3 Å². The molecule has 0 aromatic heterocycles. The van der Waals surface area contributed by atoms with Gasteiger partial charge in [0.1, 0.15) is 0 Å². The Morgan fingerprint density at radius 2 is 1.52 bits per heavy atom. The van der Waals surface area contributed by atoms with Gasteiger partial charge in [-0.2, -0.15) is 0 Å². The summed E-state index contributed by atoms with van der Waals surface area (Å²) in [6.45, 7) is 0. The average Bonchev–Trinajstić information content (AvgIpc) is 2.56. The maximum atomic E-state index is 12.3. The molecule has 0 bridgehead atoms. The second kappa shape index (κ2) is 7.44. The molecule has 0 spiro atoms. The molecule has 1 aliphatic rings. The molecule has 122 valence electrons. The molecular formula is C16H18N2O5. The highest BCUT2D eigenvalue weighted by Crippen LogP contribution is 2.27. The van der Waals surface area contributed by atoms with Crippen molar-refractivity contribution in [2.75, 3.05) is 17.7 Å². The Kier molecular flexibility index (Phi) is 5.35. The maximum absolute atomic E-state index is 12.3. The number of carbonyl (C=O) groups excluding carboxylic acids is 2. The molecule has 0 radical (unpaired) electrons. The quantitative estimate of drug-likeness (QED) is 0.740. The lowest BCUT2D eigenvalue weighted by atomic mass is 9.82. The number of carboxylic acid groups (broad SMARTS) is 1. The van der Waals surface area contributed by atoms with Crippen LogP contribution in [0.5, 0.6) is 0 Å². The van der Waals surface area contributed by atoms with Crippen LogP contribution in [0.2, 0.25) is 0 Å². The Morgan fingerprint density at radius 1 is 1.00 bits per heavy atom. The number of ether oxygens (including phenoxy) is 1. The molecule has 2 atom stereocenters. The Hall–Kier alpha value is -2.83. The lowest BCUT2D eigenvalue weighted by Crippen LogP contribution is -2.34. The highest BCUT2D eigenvalue weighted by Gasteiger charge is 2.33. The van der Waals surface area contributed by atoms with Crippen molar-refractivity contribution < 1.29 is 24.2 Å². The lowest BCUT2D eigenvalue weighted by molar-refractivity contribution is -0.146. The van der Waals surface area contributed by atoms with Gasteiger partial charge in [0.25, 0.3) is 0 Å². The summed E-state index contributed by atoms with van der Waals surface area (Å²) in [7, 11) is 1.27. The predicted molar refractivity (Wildman–Crippen MR) is 84.1 cm³/mol. The highest BCUT2D eigenvalue weighted by molar-refractivity contribution is 5.95. The molecular weight excluding hydrogens is 300 g/mol. The second-order valence-electron chi connectivity index (χ2n) is 5.18. The van der Waals surface area contributed by atoms with Crippen LogP contribution in [0.15, 0.2) is 36.4 Å². The van der Waals surface area contributed by atoms with Gasteiger partial charge in [-0.05, 0) is 37.1 Å². The summed E-state index contributed by atoms with van der Waals surface area (Å²) in [4.78, 5) is 34.6. The van der Waals surface area contributed by atoms with Crippen LogP contribution in [0, 0.1) is 11.8 Å². The van der Waals surface area contributed by atoms with Crippen LogP contribution in [0.25, 0.3) is 0 Å². The van der Waals surface area contributed by atoms with Gasteiger partial charge in [-0.3, -0.25) is 14.9 Å². The molecule has 7 nitrogen and oxygen atoms in total. The van der Waals surface area contributed by atoms with Crippen LogP contribution >= 0.6 is 0 Å². The zero-order valence-electron chi connectivity index (χ0n) is 12.6. The highest BCUT2D eigenvalue weighted by atomic mass is 16.5. The van der Waals surface area contributed by atoms with Crippen LogP contribution in [0.1, 0.15) is 12.8 Å². The largest absolute Gasteiger partial charge is 0.481 e. The first-order valence-electron chi connectivity index (χ1n) is 7.15. The number of hydrogen-bond donors (Lipinski definition) is 3. The maximum Gasteiger partial charge on any atom is 0.411 e. The van der Waals surface area contributed by atoms with E-state index in [1.165, 1.54) is 7.11 Å². The van der Waals surface area contributed by atoms with E-state index in [-0.39, 0.29) is 5.91 Å². The molecule has 0 heterocycles. The third-order valence-electron chi connectivity index (χ3n) is 3.67. The summed E-state index contributed by atoms with van der Waals surface area (Å²) >= 11 is 0. The summed E-state index contributed by atoms with van der Waals surface area (Å²) in [5, 5.41) is 14.4. The molecule has 1 aliphatic carbocycles. The molecule has 23 heavy (non-hydrogen) atoms. The average molecular weight is 318 g/mol. The lowest BCUT2D eigenvalue weighted by Gasteiger charge is -2.24. The van der Waals surface area contributed by atoms with Gasteiger partial charge in [0.15, 0.2) is 0 Å². The molecule has 0 saturated heterocycles. The monoisotopic (exact) mass is 318 g/mol. The molecule has 0 fully saturated rings. The first-order valence-corrected chi connectivity index (χ1v) is 7.15. The van der Waals surface area contributed by atoms with E-state index in [0.29, 0.717) is 24.2 Å². The molecule has 1 aromatic rings. The molecule has 3 N–H and O–H groups in total. The van der Waals surface area contributed by atoms with E-state index >= 15 is 0 Å². The zero-order valence-corrected chi connectivity index (χ0v) is 12.6. The smallest absolute Gasteiger partial charge is 0.411 e. The van der Waals surface area contributed by atoms with Crippen LogP contribution in [0.3, 0.4) is 0 Å². The van der Waals surface area contributed by atoms with Gasteiger partial charge in [0.2, 0.25) is 5.91 Å². The van der Waals surface area contributed by atoms with Gasteiger partial charge < -0.3 is 15.2 Å². The predicted octanol–water partition coefficient (Wildman–Crippen LogP) is 2.47. The zero-order chi connectivity index (χ0) is 16.8. The van der Waals surface area contributed by atoms with Crippen molar-refractivity contribution in [3.05, 3.63) is 36.4 Å². The number of carboxylic acids is 1. The number of benzene rings is 1. The van der Waals surface area contributed by atoms with Crippen molar-refractivity contribution in [2.24, 2.45) is 11.8 Å². The number of amides is 2. The Balaban J connectivity index is 2.00. The minimum atomic E-state index is -0.966. The Bertz CT molecular complexity index is 624.